The molecular weight excluding hydrogens is 288 g/mol. The lowest BCUT2D eigenvalue weighted by molar-refractivity contribution is 0.0899. The average molecular weight is 309 g/mol. The number of hydrogen-bond donors (Lipinski definition) is 2. The SMILES string of the molecule is Cc1c(C(=O)NC2CCNC(C)C2)oc2ccccc12.Cl. The van der Waals surface area contributed by atoms with Crippen LogP contribution in [0, 0.1) is 6.92 Å². The van der Waals surface area contributed by atoms with E-state index in [1.165, 1.54) is 0 Å². The second-order valence-electron chi connectivity index (χ2n) is 5.60. The van der Waals surface area contributed by atoms with Gasteiger partial charge < -0.3 is 15.1 Å². The summed E-state index contributed by atoms with van der Waals surface area (Å²) in [7, 11) is 0. The summed E-state index contributed by atoms with van der Waals surface area (Å²) in [4.78, 5) is 12.4. The molecular formula is C16H21ClN2O2. The van der Waals surface area contributed by atoms with E-state index in [1.807, 2.05) is 31.2 Å². The van der Waals surface area contributed by atoms with Crippen LogP contribution < -0.4 is 10.6 Å². The molecule has 2 aromatic rings. The highest BCUT2D eigenvalue weighted by atomic mass is 35.5. The Hall–Kier alpha value is -1.52. The van der Waals surface area contributed by atoms with Gasteiger partial charge in [-0.3, -0.25) is 4.79 Å². The number of carbonyl (C=O) groups excluding carboxylic acids is 1. The number of furan rings is 1. The van der Waals surface area contributed by atoms with Gasteiger partial charge in [0.25, 0.3) is 5.91 Å². The van der Waals surface area contributed by atoms with Crippen LogP contribution in [0.1, 0.15) is 35.9 Å². The number of carbonyl (C=O) groups is 1. The Bertz CT molecular complexity index is 638. The van der Waals surface area contributed by atoms with Crippen molar-refractivity contribution in [3.05, 3.63) is 35.6 Å². The molecule has 0 saturated carbocycles. The van der Waals surface area contributed by atoms with Gasteiger partial charge >= 0.3 is 0 Å². The van der Waals surface area contributed by atoms with Crippen LogP contribution in [0.5, 0.6) is 0 Å². The van der Waals surface area contributed by atoms with Crippen molar-refractivity contribution in [1.29, 1.82) is 0 Å². The van der Waals surface area contributed by atoms with Crippen molar-refractivity contribution in [2.24, 2.45) is 0 Å². The van der Waals surface area contributed by atoms with Gasteiger partial charge in [-0.05, 0) is 39.3 Å². The highest BCUT2D eigenvalue weighted by molar-refractivity contribution is 5.99. The molecule has 1 aliphatic rings. The van der Waals surface area contributed by atoms with Crippen LogP contribution in [0.25, 0.3) is 11.0 Å². The minimum atomic E-state index is -0.0993. The predicted molar refractivity (Wildman–Crippen MR) is 86.2 cm³/mol. The van der Waals surface area contributed by atoms with Crippen molar-refractivity contribution >= 4 is 29.3 Å². The fourth-order valence-electron chi connectivity index (χ4n) is 2.90. The second-order valence-corrected chi connectivity index (χ2v) is 5.60. The van der Waals surface area contributed by atoms with E-state index in [0.717, 1.165) is 35.9 Å². The minimum Gasteiger partial charge on any atom is -0.451 e. The van der Waals surface area contributed by atoms with Gasteiger partial charge in [-0.1, -0.05) is 18.2 Å². The molecule has 21 heavy (non-hydrogen) atoms. The molecule has 5 heteroatoms. The number of nitrogens with one attached hydrogen (secondary N) is 2. The van der Waals surface area contributed by atoms with Crippen molar-refractivity contribution in [2.75, 3.05) is 6.54 Å². The number of halogens is 1. The van der Waals surface area contributed by atoms with Gasteiger partial charge in [-0.2, -0.15) is 0 Å². The Morgan fingerprint density at radius 1 is 1.38 bits per heavy atom. The smallest absolute Gasteiger partial charge is 0.287 e. The summed E-state index contributed by atoms with van der Waals surface area (Å²) in [5, 5.41) is 7.49. The molecule has 1 amide bonds. The quantitative estimate of drug-likeness (QED) is 0.896. The Balaban J connectivity index is 0.00000161. The fraction of sp³-hybridized carbons (Fsp3) is 0.438. The maximum atomic E-state index is 12.4. The Morgan fingerprint density at radius 3 is 2.86 bits per heavy atom. The van der Waals surface area contributed by atoms with E-state index in [9.17, 15) is 4.79 Å². The molecule has 1 aromatic heterocycles. The summed E-state index contributed by atoms with van der Waals surface area (Å²) >= 11 is 0. The van der Waals surface area contributed by atoms with Crippen molar-refractivity contribution < 1.29 is 9.21 Å². The lowest BCUT2D eigenvalue weighted by Gasteiger charge is -2.28. The van der Waals surface area contributed by atoms with Crippen molar-refractivity contribution in [3.8, 4) is 0 Å². The van der Waals surface area contributed by atoms with E-state index in [1.54, 1.807) is 0 Å². The van der Waals surface area contributed by atoms with Gasteiger partial charge in [0.05, 0.1) is 0 Å². The zero-order chi connectivity index (χ0) is 14.1. The summed E-state index contributed by atoms with van der Waals surface area (Å²) in [6.07, 6.45) is 1.93. The molecule has 4 nitrogen and oxygen atoms in total. The summed E-state index contributed by atoms with van der Waals surface area (Å²) in [5.74, 6) is 0.343. The number of fused-ring (bicyclic) bond motifs is 1. The summed E-state index contributed by atoms with van der Waals surface area (Å²) in [6.45, 7) is 5.03. The molecule has 2 unspecified atom stereocenters. The standard InChI is InChI=1S/C16H20N2O2.ClH/c1-10-9-12(7-8-17-10)18-16(19)15-11(2)13-5-3-4-6-14(13)20-15;/h3-6,10,12,17H,7-9H2,1-2H3,(H,18,19);1H. The van der Waals surface area contributed by atoms with E-state index < -0.39 is 0 Å². The maximum Gasteiger partial charge on any atom is 0.287 e. The average Bonchev–Trinajstić information content (AvgIpc) is 2.77. The Morgan fingerprint density at radius 2 is 2.14 bits per heavy atom. The van der Waals surface area contributed by atoms with Crippen LogP contribution in [0.15, 0.2) is 28.7 Å². The Kier molecular flexibility index (Phi) is 4.91. The normalized spacial score (nSPS) is 21.8. The molecule has 1 fully saturated rings. The topological polar surface area (TPSA) is 54.3 Å². The van der Waals surface area contributed by atoms with E-state index >= 15 is 0 Å². The van der Waals surface area contributed by atoms with E-state index in [4.69, 9.17) is 4.42 Å². The highest BCUT2D eigenvalue weighted by Gasteiger charge is 2.23. The van der Waals surface area contributed by atoms with Crippen LogP contribution in [-0.2, 0) is 0 Å². The van der Waals surface area contributed by atoms with Crippen LogP contribution in [0.2, 0.25) is 0 Å². The maximum absolute atomic E-state index is 12.4. The van der Waals surface area contributed by atoms with Crippen LogP contribution in [0.3, 0.4) is 0 Å². The molecule has 1 aliphatic heterocycles. The molecule has 0 radical (unpaired) electrons. The van der Waals surface area contributed by atoms with Crippen molar-refractivity contribution in [1.82, 2.24) is 10.6 Å². The van der Waals surface area contributed by atoms with Gasteiger partial charge in [0.15, 0.2) is 5.76 Å². The molecule has 2 N–H and O–H groups in total. The molecule has 1 aromatic carbocycles. The fourth-order valence-corrected chi connectivity index (χ4v) is 2.90. The van der Waals surface area contributed by atoms with Gasteiger partial charge in [0, 0.05) is 23.0 Å². The first kappa shape index (κ1) is 15.9. The number of piperidine rings is 1. The van der Waals surface area contributed by atoms with Crippen LogP contribution >= 0.6 is 12.4 Å². The molecule has 2 atom stereocenters. The minimum absolute atomic E-state index is 0. The summed E-state index contributed by atoms with van der Waals surface area (Å²) in [6, 6.07) is 8.43. The monoisotopic (exact) mass is 308 g/mol. The lowest BCUT2D eigenvalue weighted by Crippen LogP contribution is -2.46. The third kappa shape index (κ3) is 3.22. The zero-order valence-electron chi connectivity index (χ0n) is 12.3. The molecule has 0 spiro atoms. The summed E-state index contributed by atoms with van der Waals surface area (Å²) in [5.41, 5.74) is 1.69. The van der Waals surface area contributed by atoms with Gasteiger partial charge in [-0.15, -0.1) is 12.4 Å². The van der Waals surface area contributed by atoms with Gasteiger partial charge in [0.1, 0.15) is 5.58 Å². The molecule has 2 heterocycles. The zero-order valence-corrected chi connectivity index (χ0v) is 13.1. The first-order chi connectivity index (χ1) is 9.65. The molecule has 114 valence electrons. The number of amides is 1. The number of hydrogen-bond acceptors (Lipinski definition) is 3. The Labute approximate surface area is 130 Å². The molecule has 3 rings (SSSR count). The van der Waals surface area contributed by atoms with Crippen molar-refractivity contribution in [3.63, 3.8) is 0 Å². The van der Waals surface area contributed by atoms with E-state index in [-0.39, 0.29) is 24.4 Å². The highest BCUT2D eigenvalue weighted by Crippen LogP contribution is 2.25. The summed E-state index contributed by atoms with van der Waals surface area (Å²) < 4.78 is 5.70. The molecule has 0 bridgehead atoms. The lowest BCUT2D eigenvalue weighted by atomic mass is 10.0. The van der Waals surface area contributed by atoms with Crippen LogP contribution in [0.4, 0.5) is 0 Å². The third-order valence-corrected chi connectivity index (χ3v) is 4.01. The second kappa shape index (κ2) is 6.50. The predicted octanol–water partition coefficient (Wildman–Crippen LogP) is 3.03. The third-order valence-electron chi connectivity index (χ3n) is 4.01. The van der Waals surface area contributed by atoms with E-state index in [2.05, 4.69) is 17.6 Å². The number of rotatable bonds is 2. The van der Waals surface area contributed by atoms with Gasteiger partial charge in [0.2, 0.25) is 0 Å². The largest absolute Gasteiger partial charge is 0.451 e. The molecule has 1 saturated heterocycles. The van der Waals surface area contributed by atoms with E-state index in [0.29, 0.717) is 11.8 Å². The van der Waals surface area contributed by atoms with Crippen LogP contribution in [-0.4, -0.2) is 24.5 Å². The van der Waals surface area contributed by atoms with Gasteiger partial charge in [-0.25, -0.2) is 0 Å². The first-order valence-electron chi connectivity index (χ1n) is 7.17. The number of benzene rings is 1. The van der Waals surface area contributed by atoms with Crippen molar-refractivity contribution in [2.45, 2.75) is 38.8 Å². The number of para-hydroxylation sites is 1. The first-order valence-corrected chi connectivity index (χ1v) is 7.17. The molecule has 0 aliphatic carbocycles. The number of aryl methyl sites for hydroxylation is 1.